The SMILES string of the molecule is CO[C@H](/C=C/C(=O)O)[C@H](OC(=O)Nc1ccc(C#N)cc1)c1ccc(OCCO)cc1. The van der Waals surface area contributed by atoms with Crippen molar-refractivity contribution in [3.05, 3.63) is 71.8 Å². The van der Waals surface area contributed by atoms with Gasteiger partial charge in [-0.25, -0.2) is 9.59 Å². The van der Waals surface area contributed by atoms with Gasteiger partial charge in [0.2, 0.25) is 0 Å². The van der Waals surface area contributed by atoms with Crippen molar-refractivity contribution in [2.24, 2.45) is 0 Å². The van der Waals surface area contributed by atoms with Gasteiger partial charge in [0.25, 0.3) is 0 Å². The lowest BCUT2D eigenvalue weighted by atomic mass is 10.0. The number of carbonyl (C=O) groups excluding carboxylic acids is 1. The summed E-state index contributed by atoms with van der Waals surface area (Å²) in [5.41, 5.74) is 1.40. The van der Waals surface area contributed by atoms with E-state index in [9.17, 15) is 9.59 Å². The lowest BCUT2D eigenvalue weighted by molar-refractivity contribution is -0.131. The van der Waals surface area contributed by atoms with Gasteiger partial charge in [-0.05, 0) is 48.0 Å². The summed E-state index contributed by atoms with van der Waals surface area (Å²) in [5.74, 6) is -0.663. The number of hydrogen-bond donors (Lipinski definition) is 3. The molecular weight excluding hydrogens is 404 g/mol. The number of aliphatic hydroxyl groups excluding tert-OH is 1. The Labute approximate surface area is 179 Å². The molecule has 0 unspecified atom stereocenters. The number of aliphatic carboxylic acids is 1. The van der Waals surface area contributed by atoms with Crippen LogP contribution in [0.25, 0.3) is 0 Å². The fourth-order valence-corrected chi connectivity index (χ4v) is 2.61. The summed E-state index contributed by atoms with van der Waals surface area (Å²) >= 11 is 0. The maximum atomic E-state index is 12.5. The first-order chi connectivity index (χ1) is 15.0. The number of carboxylic acids is 1. The lowest BCUT2D eigenvalue weighted by Gasteiger charge is -2.24. The highest BCUT2D eigenvalue weighted by atomic mass is 16.6. The second kappa shape index (κ2) is 12.0. The summed E-state index contributed by atoms with van der Waals surface area (Å²) < 4.78 is 16.2. The summed E-state index contributed by atoms with van der Waals surface area (Å²) in [7, 11) is 1.37. The summed E-state index contributed by atoms with van der Waals surface area (Å²) in [6, 6.07) is 14.7. The van der Waals surface area contributed by atoms with Crippen LogP contribution in [0, 0.1) is 11.3 Å². The van der Waals surface area contributed by atoms with Gasteiger partial charge in [-0.3, -0.25) is 5.32 Å². The van der Waals surface area contributed by atoms with Gasteiger partial charge in [0.1, 0.15) is 18.5 Å². The molecule has 3 N–H and O–H groups in total. The molecule has 31 heavy (non-hydrogen) atoms. The fourth-order valence-electron chi connectivity index (χ4n) is 2.61. The molecule has 9 heteroatoms. The van der Waals surface area contributed by atoms with Gasteiger partial charge in [0.15, 0.2) is 6.10 Å². The Balaban J connectivity index is 2.22. The van der Waals surface area contributed by atoms with Crippen LogP contribution in [0.1, 0.15) is 17.2 Å². The van der Waals surface area contributed by atoms with E-state index in [1.165, 1.54) is 13.2 Å². The van der Waals surface area contributed by atoms with Crippen LogP contribution in [0.15, 0.2) is 60.7 Å². The molecule has 2 rings (SSSR count). The number of hydrogen-bond acceptors (Lipinski definition) is 7. The predicted octanol–water partition coefficient (Wildman–Crippen LogP) is 2.87. The van der Waals surface area contributed by atoms with Gasteiger partial charge >= 0.3 is 12.1 Å². The van der Waals surface area contributed by atoms with E-state index in [2.05, 4.69) is 5.32 Å². The summed E-state index contributed by atoms with van der Waals surface area (Å²) in [6.45, 7) is 0.00303. The minimum absolute atomic E-state index is 0.130. The first-order valence-corrected chi connectivity index (χ1v) is 9.22. The number of carboxylic acid groups (broad SMARTS) is 1. The highest BCUT2D eigenvalue weighted by molar-refractivity contribution is 5.85. The highest BCUT2D eigenvalue weighted by Crippen LogP contribution is 2.27. The second-order valence-electron chi connectivity index (χ2n) is 6.18. The monoisotopic (exact) mass is 426 g/mol. The van der Waals surface area contributed by atoms with Gasteiger partial charge in [-0.2, -0.15) is 5.26 Å². The van der Waals surface area contributed by atoms with Crippen molar-refractivity contribution in [3.63, 3.8) is 0 Å². The molecule has 0 aliphatic heterocycles. The van der Waals surface area contributed by atoms with Gasteiger partial charge in [0.05, 0.1) is 18.2 Å². The zero-order valence-electron chi connectivity index (χ0n) is 16.7. The quantitative estimate of drug-likeness (QED) is 0.493. The van der Waals surface area contributed by atoms with Crippen molar-refractivity contribution in [1.82, 2.24) is 0 Å². The Hall–Kier alpha value is -3.87. The van der Waals surface area contributed by atoms with E-state index >= 15 is 0 Å². The molecule has 2 atom stereocenters. The number of ether oxygens (including phenoxy) is 3. The van der Waals surface area contributed by atoms with Gasteiger partial charge in [-0.15, -0.1) is 0 Å². The summed E-state index contributed by atoms with van der Waals surface area (Å²) in [4.78, 5) is 23.4. The van der Waals surface area contributed by atoms with Gasteiger partial charge in [0, 0.05) is 18.9 Å². The predicted molar refractivity (Wildman–Crippen MR) is 111 cm³/mol. The number of aliphatic hydroxyl groups is 1. The molecule has 0 bridgehead atoms. The largest absolute Gasteiger partial charge is 0.491 e. The Kier molecular flexibility index (Phi) is 9.04. The zero-order valence-corrected chi connectivity index (χ0v) is 16.7. The van der Waals surface area contributed by atoms with Crippen LogP contribution in [0.3, 0.4) is 0 Å². The smallest absolute Gasteiger partial charge is 0.412 e. The number of rotatable bonds is 10. The molecule has 2 aromatic rings. The number of anilines is 1. The van der Waals surface area contributed by atoms with Crippen molar-refractivity contribution >= 4 is 17.7 Å². The van der Waals surface area contributed by atoms with Crippen molar-refractivity contribution in [1.29, 1.82) is 5.26 Å². The minimum Gasteiger partial charge on any atom is -0.491 e. The molecule has 9 nitrogen and oxygen atoms in total. The van der Waals surface area contributed by atoms with E-state index in [4.69, 9.17) is 29.7 Å². The summed E-state index contributed by atoms with van der Waals surface area (Å²) in [5, 5.41) is 29.2. The number of benzene rings is 2. The standard InChI is InChI=1S/C22H22N2O7/c1-29-19(10-11-20(26)27)21(16-4-8-18(9-5-16)30-13-12-25)31-22(28)24-17-6-2-15(14-23)3-7-17/h2-11,19,21,25H,12-13H2,1H3,(H,24,28)(H,26,27)/b11-10+/t19-,21-/m1/s1. The zero-order chi connectivity index (χ0) is 22.6. The first kappa shape index (κ1) is 23.4. The Morgan fingerprint density at radius 3 is 2.39 bits per heavy atom. The van der Waals surface area contributed by atoms with Crippen molar-refractivity contribution in [2.45, 2.75) is 12.2 Å². The normalized spacial score (nSPS) is 12.5. The Morgan fingerprint density at radius 1 is 1.16 bits per heavy atom. The van der Waals surface area contributed by atoms with E-state index in [0.717, 1.165) is 6.08 Å². The minimum atomic E-state index is -1.17. The van der Waals surface area contributed by atoms with E-state index in [1.807, 2.05) is 6.07 Å². The second-order valence-corrected chi connectivity index (χ2v) is 6.18. The third-order valence-electron chi connectivity index (χ3n) is 4.06. The molecule has 0 aliphatic rings. The molecule has 0 aliphatic carbocycles. The van der Waals surface area contributed by atoms with Crippen molar-refractivity contribution < 1.29 is 34.0 Å². The number of carbonyl (C=O) groups is 2. The van der Waals surface area contributed by atoms with Crippen LogP contribution in [-0.2, 0) is 14.3 Å². The molecule has 0 heterocycles. The van der Waals surface area contributed by atoms with Crippen LogP contribution in [0.2, 0.25) is 0 Å². The van der Waals surface area contributed by atoms with Crippen LogP contribution in [0.5, 0.6) is 5.75 Å². The number of methoxy groups -OCH3 is 1. The van der Waals surface area contributed by atoms with Crippen LogP contribution in [0.4, 0.5) is 10.5 Å². The Morgan fingerprint density at radius 2 is 1.84 bits per heavy atom. The average Bonchev–Trinajstić information content (AvgIpc) is 2.78. The molecule has 0 spiro atoms. The number of amides is 1. The van der Waals surface area contributed by atoms with E-state index in [0.29, 0.717) is 22.6 Å². The Bertz CT molecular complexity index is 934. The summed E-state index contributed by atoms with van der Waals surface area (Å²) in [6.07, 6.45) is -0.459. The number of nitriles is 1. The van der Waals surface area contributed by atoms with E-state index in [-0.39, 0.29) is 13.2 Å². The van der Waals surface area contributed by atoms with Crippen LogP contribution >= 0.6 is 0 Å². The third kappa shape index (κ3) is 7.47. The van der Waals surface area contributed by atoms with E-state index < -0.39 is 24.3 Å². The first-order valence-electron chi connectivity index (χ1n) is 9.22. The lowest BCUT2D eigenvalue weighted by Crippen LogP contribution is -2.27. The fraction of sp³-hybridized carbons (Fsp3) is 0.227. The molecule has 162 valence electrons. The van der Waals surface area contributed by atoms with Gasteiger partial charge in [-0.1, -0.05) is 12.1 Å². The maximum Gasteiger partial charge on any atom is 0.412 e. The third-order valence-corrected chi connectivity index (χ3v) is 4.06. The number of nitrogens with one attached hydrogen (secondary N) is 1. The maximum absolute atomic E-state index is 12.5. The highest BCUT2D eigenvalue weighted by Gasteiger charge is 2.26. The molecule has 0 saturated carbocycles. The van der Waals surface area contributed by atoms with Crippen molar-refractivity contribution in [3.8, 4) is 11.8 Å². The molecular formula is C22H22N2O7. The topological polar surface area (TPSA) is 138 Å². The van der Waals surface area contributed by atoms with E-state index in [1.54, 1.807) is 48.5 Å². The molecule has 2 aromatic carbocycles. The average molecular weight is 426 g/mol. The molecule has 0 radical (unpaired) electrons. The van der Waals surface area contributed by atoms with Gasteiger partial charge < -0.3 is 24.4 Å². The molecule has 1 amide bonds. The molecule has 0 aromatic heterocycles. The van der Waals surface area contributed by atoms with Crippen LogP contribution in [-0.4, -0.2) is 48.7 Å². The molecule has 0 saturated heterocycles. The molecule has 0 fully saturated rings. The number of nitrogens with zero attached hydrogens (tertiary/aromatic N) is 1. The van der Waals surface area contributed by atoms with Crippen LogP contribution < -0.4 is 10.1 Å². The van der Waals surface area contributed by atoms with Crippen molar-refractivity contribution in [2.75, 3.05) is 25.6 Å².